The van der Waals surface area contributed by atoms with Crippen molar-refractivity contribution < 1.29 is 19.2 Å². The van der Waals surface area contributed by atoms with Crippen molar-refractivity contribution in [1.82, 2.24) is 10.2 Å². The molecule has 0 aromatic rings. The first-order valence-electron chi connectivity index (χ1n) is 7.48. The van der Waals surface area contributed by atoms with Crippen LogP contribution in [0.15, 0.2) is 0 Å². The number of Topliss-reactive ketones (excluding diaryl/α,β-unsaturated/α-hetero) is 2. The van der Waals surface area contributed by atoms with E-state index in [1.54, 1.807) is 0 Å². The molecule has 0 unspecified atom stereocenters. The van der Waals surface area contributed by atoms with Crippen molar-refractivity contribution in [3.8, 4) is 0 Å². The summed E-state index contributed by atoms with van der Waals surface area (Å²) in [7, 11) is 0. The molecule has 7 heteroatoms. The first-order valence-corrected chi connectivity index (χ1v) is 7.48. The van der Waals surface area contributed by atoms with Gasteiger partial charge in [-0.3, -0.25) is 19.2 Å². The molecule has 1 saturated heterocycles. The van der Waals surface area contributed by atoms with Crippen molar-refractivity contribution in [2.24, 2.45) is 0 Å². The van der Waals surface area contributed by atoms with Gasteiger partial charge in [0.15, 0.2) is 11.6 Å². The number of nitrogens with one attached hydrogen (secondary N) is 2. The second kappa shape index (κ2) is 8.41. The van der Waals surface area contributed by atoms with Gasteiger partial charge in [0, 0.05) is 19.9 Å². The zero-order valence-electron chi connectivity index (χ0n) is 13.1. The Labute approximate surface area is 129 Å². The molecule has 1 heterocycles. The van der Waals surface area contributed by atoms with E-state index < -0.39 is 12.1 Å². The highest BCUT2D eigenvalue weighted by molar-refractivity contribution is 6.26. The molecular weight excluding hydrogens is 286 g/mol. The van der Waals surface area contributed by atoms with Gasteiger partial charge < -0.3 is 15.6 Å². The van der Waals surface area contributed by atoms with Gasteiger partial charge in [-0.1, -0.05) is 0 Å². The van der Waals surface area contributed by atoms with Crippen molar-refractivity contribution in [1.29, 1.82) is 5.41 Å². The minimum atomic E-state index is -0.757. The Balaban J connectivity index is 2.68. The second-order valence-electron chi connectivity index (χ2n) is 5.55. The maximum absolute atomic E-state index is 12.4. The van der Waals surface area contributed by atoms with Crippen molar-refractivity contribution >= 4 is 29.6 Å². The van der Waals surface area contributed by atoms with Gasteiger partial charge in [-0.25, -0.2) is 0 Å². The van der Waals surface area contributed by atoms with Crippen LogP contribution < -0.4 is 5.32 Å². The quantitative estimate of drug-likeness (QED) is 0.666. The third-order valence-corrected chi connectivity index (χ3v) is 3.86. The van der Waals surface area contributed by atoms with E-state index in [0.29, 0.717) is 19.2 Å². The van der Waals surface area contributed by atoms with Crippen LogP contribution in [-0.2, 0) is 19.2 Å². The topological polar surface area (TPSA) is 107 Å². The van der Waals surface area contributed by atoms with Crippen LogP contribution >= 0.6 is 0 Å². The molecule has 22 heavy (non-hydrogen) atoms. The van der Waals surface area contributed by atoms with Crippen LogP contribution in [0.1, 0.15) is 46.0 Å². The summed E-state index contributed by atoms with van der Waals surface area (Å²) in [6, 6.07) is -1.31. The molecule has 0 saturated carbocycles. The number of hydrogen-bond acceptors (Lipinski definition) is 5. The van der Waals surface area contributed by atoms with Crippen molar-refractivity contribution in [2.45, 2.75) is 58.0 Å². The molecule has 0 aromatic carbocycles. The average molecular weight is 309 g/mol. The largest absolute Gasteiger partial charge is 0.345 e. The third kappa shape index (κ3) is 5.05. The number of rotatable bonds is 7. The molecule has 0 aliphatic carbocycles. The molecule has 0 bridgehead atoms. The highest BCUT2D eigenvalue weighted by Crippen LogP contribution is 2.17. The van der Waals surface area contributed by atoms with E-state index in [0.717, 1.165) is 12.8 Å². The lowest BCUT2D eigenvalue weighted by molar-refractivity contribution is -0.141. The molecule has 2 atom stereocenters. The summed E-state index contributed by atoms with van der Waals surface area (Å²) in [5, 5.41) is 9.49. The van der Waals surface area contributed by atoms with Gasteiger partial charge in [0.2, 0.25) is 11.8 Å². The summed E-state index contributed by atoms with van der Waals surface area (Å²) in [6.45, 7) is 3.32. The Morgan fingerprint density at radius 3 is 2.50 bits per heavy atom. The first kappa shape index (κ1) is 18.0. The van der Waals surface area contributed by atoms with E-state index in [-0.39, 0.29) is 36.2 Å². The van der Waals surface area contributed by atoms with E-state index in [1.165, 1.54) is 18.7 Å². The Kier molecular flexibility index (Phi) is 6.88. The van der Waals surface area contributed by atoms with Crippen LogP contribution in [0.25, 0.3) is 0 Å². The molecule has 122 valence electrons. The van der Waals surface area contributed by atoms with E-state index in [9.17, 15) is 19.2 Å². The van der Waals surface area contributed by atoms with Gasteiger partial charge in [0.05, 0.1) is 12.3 Å². The van der Waals surface area contributed by atoms with Crippen molar-refractivity contribution in [3.05, 3.63) is 0 Å². The number of nitrogens with zero attached hydrogens (tertiary/aromatic N) is 1. The summed E-state index contributed by atoms with van der Waals surface area (Å²) in [5.41, 5.74) is 0. The summed E-state index contributed by atoms with van der Waals surface area (Å²) in [4.78, 5) is 48.2. The summed E-state index contributed by atoms with van der Waals surface area (Å²) >= 11 is 0. The fourth-order valence-electron chi connectivity index (χ4n) is 2.58. The SMILES string of the molecule is CC(=O)[C@H](CCC(=O)C=N)NC(=O)[C@@H]1CCCCN1C(C)=O. The van der Waals surface area contributed by atoms with Gasteiger partial charge in [-0.05, 0) is 32.6 Å². The normalized spacial score (nSPS) is 19.2. The molecule has 2 N–H and O–H groups in total. The first-order chi connectivity index (χ1) is 10.4. The number of amides is 2. The molecule has 2 amide bonds. The molecule has 1 rings (SSSR count). The number of piperidine rings is 1. The van der Waals surface area contributed by atoms with Crippen molar-refractivity contribution in [3.63, 3.8) is 0 Å². The summed E-state index contributed by atoms with van der Waals surface area (Å²) in [5.74, 6) is -1.13. The van der Waals surface area contributed by atoms with Crippen LogP contribution in [0.5, 0.6) is 0 Å². The monoisotopic (exact) mass is 309 g/mol. The Hall–Kier alpha value is -2.05. The predicted molar refractivity (Wildman–Crippen MR) is 80.7 cm³/mol. The molecule has 1 aliphatic rings. The predicted octanol–water partition coefficient (Wildman–Crippen LogP) is 0.460. The standard InChI is InChI=1S/C15H23N3O4/c1-10(19)13(7-6-12(21)9-16)17-15(22)14-5-3-4-8-18(14)11(2)20/h9,13-14,16H,3-8H2,1-2H3,(H,17,22)/t13-,14-/m0/s1. The smallest absolute Gasteiger partial charge is 0.243 e. The van der Waals surface area contributed by atoms with E-state index in [4.69, 9.17) is 5.41 Å². The maximum Gasteiger partial charge on any atom is 0.243 e. The maximum atomic E-state index is 12.4. The van der Waals surface area contributed by atoms with Crippen LogP contribution in [-0.4, -0.2) is 53.1 Å². The lowest BCUT2D eigenvalue weighted by Gasteiger charge is -2.34. The molecule has 0 spiro atoms. The minimum absolute atomic E-state index is 0.0368. The Bertz CT molecular complexity index is 475. The lowest BCUT2D eigenvalue weighted by Crippen LogP contribution is -2.54. The molecule has 0 radical (unpaired) electrons. The Morgan fingerprint density at radius 2 is 1.95 bits per heavy atom. The van der Waals surface area contributed by atoms with E-state index in [1.807, 2.05) is 0 Å². The molecule has 0 aromatic heterocycles. The number of hydrogen-bond donors (Lipinski definition) is 2. The van der Waals surface area contributed by atoms with Crippen LogP contribution in [0.2, 0.25) is 0 Å². The molecule has 7 nitrogen and oxygen atoms in total. The lowest BCUT2D eigenvalue weighted by atomic mass is 9.99. The number of ketones is 2. The van der Waals surface area contributed by atoms with Gasteiger partial charge in [0.1, 0.15) is 6.04 Å². The van der Waals surface area contributed by atoms with Crippen molar-refractivity contribution in [2.75, 3.05) is 6.54 Å². The van der Waals surface area contributed by atoms with E-state index >= 15 is 0 Å². The number of carbonyl (C=O) groups excluding carboxylic acids is 4. The van der Waals surface area contributed by atoms with Crippen LogP contribution in [0, 0.1) is 5.41 Å². The molecule has 1 fully saturated rings. The zero-order chi connectivity index (χ0) is 16.7. The third-order valence-electron chi connectivity index (χ3n) is 3.86. The molecular formula is C15H23N3O4. The minimum Gasteiger partial charge on any atom is -0.345 e. The van der Waals surface area contributed by atoms with Gasteiger partial charge in [0.25, 0.3) is 0 Å². The van der Waals surface area contributed by atoms with Gasteiger partial charge in [-0.2, -0.15) is 0 Å². The van der Waals surface area contributed by atoms with Crippen LogP contribution in [0.4, 0.5) is 0 Å². The zero-order valence-corrected chi connectivity index (χ0v) is 13.1. The number of likely N-dealkylation sites (tertiary alicyclic amines) is 1. The van der Waals surface area contributed by atoms with Gasteiger partial charge >= 0.3 is 0 Å². The molecule has 1 aliphatic heterocycles. The average Bonchev–Trinajstić information content (AvgIpc) is 2.50. The number of carbonyl (C=O) groups is 4. The summed E-state index contributed by atoms with van der Waals surface area (Å²) in [6.07, 6.45) is 3.22. The van der Waals surface area contributed by atoms with E-state index in [2.05, 4.69) is 5.32 Å². The Morgan fingerprint density at radius 1 is 1.27 bits per heavy atom. The second-order valence-corrected chi connectivity index (χ2v) is 5.55. The summed E-state index contributed by atoms with van der Waals surface area (Å²) < 4.78 is 0. The van der Waals surface area contributed by atoms with Gasteiger partial charge in [-0.15, -0.1) is 0 Å². The van der Waals surface area contributed by atoms with Crippen LogP contribution in [0.3, 0.4) is 0 Å². The fourth-order valence-corrected chi connectivity index (χ4v) is 2.58. The highest BCUT2D eigenvalue weighted by Gasteiger charge is 2.32. The highest BCUT2D eigenvalue weighted by atomic mass is 16.2. The fraction of sp³-hybridized carbons (Fsp3) is 0.667.